The lowest BCUT2D eigenvalue weighted by atomic mass is 10.1. The lowest BCUT2D eigenvalue weighted by molar-refractivity contribution is 0.0939. The second-order valence-corrected chi connectivity index (χ2v) is 8.11. The number of carbonyl (C=O) groups is 1. The van der Waals surface area contributed by atoms with E-state index in [1.807, 2.05) is 44.2 Å². The smallest absolute Gasteiger partial charge is 0.251 e. The van der Waals surface area contributed by atoms with Crippen molar-refractivity contribution in [3.8, 4) is 0 Å². The molecule has 4 rings (SSSR count). The van der Waals surface area contributed by atoms with E-state index in [9.17, 15) is 9.90 Å². The van der Waals surface area contributed by atoms with Gasteiger partial charge in [-0.3, -0.25) is 10.2 Å². The van der Waals surface area contributed by atoms with Crippen LogP contribution in [-0.4, -0.2) is 34.4 Å². The molecule has 0 spiro atoms. The first-order valence-electron chi connectivity index (χ1n) is 9.53. The molecule has 1 aliphatic rings. The zero-order valence-electron chi connectivity index (χ0n) is 16.3. The van der Waals surface area contributed by atoms with Crippen LogP contribution in [0.25, 0.3) is 15.8 Å². The summed E-state index contributed by atoms with van der Waals surface area (Å²) in [7, 11) is 0. The highest BCUT2D eigenvalue weighted by Gasteiger charge is 2.31. The van der Waals surface area contributed by atoms with Crippen molar-refractivity contribution in [2.24, 2.45) is 0 Å². The zero-order valence-corrected chi connectivity index (χ0v) is 17.1. The van der Waals surface area contributed by atoms with Crippen LogP contribution in [0.1, 0.15) is 35.6 Å². The molecule has 148 valence electrons. The number of nitrogens with one attached hydrogen (secondary N) is 2. The average molecular weight is 407 g/mol. The standard InChI is InChI=1S/C22H22N4O2S/c1-3-13(2)24-21(28)14-7-6-8-15(11-14)26-12-17(27)19(20(26)23)22-25-16-9-4-5-10-18(16)29-22/h4-11,13,23,27H,3,12H2,1-2H3,(H,24,28)/t13-/m0/s1. The number of nitrogens with zero attached hydrogens (tertiary/aromatic N) is 2. The molecule has 0 saturated carbocycles. The molecule has 3 aromatic rings. The minimum absolute atomic E-state index is 0.0904. The molecule has 1 amide bonds. The number of anilines is 1. The summed E-state index contributed by atoms with van der Waals surface area (Å²) in [6.07, 6.45) is 0.853. The number of hydrogen-bond donors (Lipinski definition) is 3. The van der Waals surface area contributed by atoms with E-state index in [0.717, 1.165) is 16.6 Å². The molecule has 1 aromatic heterocycles. The summed E-state index contributed by atoms with van der Waals surface area (Å²) in [4.78, 5) is 18.7. The Morgan fingerprint density at radius 3 is 2.86 bits per heavy atom. The first kappa shape index (κ1) is 19.1. The average Bonchev–Trinajstić information content (AvgIpc) is 3.27. The third-order valence-electron chi connectivity index (χ3n) is 5.02. The van der Waals surface area contributed by atoms with Gasteiger partial charge in [0, 0.05) is 17.3 Å². The van der Waals surface area contributed by atoms with E-state index in [1.165, 1.54) is 11.3 Å². The molecular weight excluding hydrogens is 384 g/mol. The van der Waals surface area contributed by atoms with Gasteiger partial charge >= 0.3 is 0 Å². The lowest BCUT2D eigenvalue weighted by Gasteiger charge is -2.19. The topological polar surface area (TPSA) is 89.3 Å². The summed E-state index contributed by atoms with van der Waals surface area (Å²) in [5, 5.41) is 22.8. The van der Waals surface area contributed by atoms with Crippen LogP contribution < -0.4 is 10.2 Å². The number of amidine groups is 1. The van der Waals surface area contributed by atoms with Crippen molar-refractivity contribution in [2.75, 3.05) is 11.4 Å². The Balaban J connectivity index is 1.61. The van der Waals surface area contributed by atoms with Crippen LogP contribution in [-0.2, 0) is 0 Å². The SMILES string of the molecule is CC[C@H](C)NC(=O)c1cccc(N2CC(O)=C(c3nc4ccccc4s3)C2=N)c1. The van der Waals surface area contributed by atoms with Gasteiger partial charge < -0.3 is 15.3 Å². The Morgan fingerprint density at radius 2 is 2.10 bits per heavy atom. The summed E-state index contributed by atoms with van der Waals surface area (Å²) < 4.78 is 1.01. The molecule has 1 aliphatic heterocycles. The van der Waals surface area contributed by atoms with Crippen molar-refractivity contribution in [3.63, 3.8) is 0 Å². The number of para-hydroxylation sites is 1. The first-order chi connectivity index (χ1) is 14.0. The van der Waals surface area contributed by atoms with Crippen molar-refractivity contribution >= 4 is 44.6 Å². The number of aliphatic hydroxyl groups excluding tert-OH is 1. The van der Waals surface area contributed by atoms with E-state index >= 15 is 0 Å². The summed E-state index contributed by atoms with van der Waals surface area (Å²) in [5.41, 5.74) is 2.52. The van der Waals surface area contributed by atoms with Crippen molar-refractivity contribution in [3.05, 3.63) is 64.9 Å². The Bertz CT molecular complexity index is 1100. The Kier molecular flexibility index (Phi) is 5.07. The maximum Gasteiger partial charge on any atom is 0.251 e. The quantitative estimate of drug-likeness (QED) is 0.578. The highest BCUT2D eigenvalue weighted by atomic mass is 32.1. The summed E-state index contributed by atoms with van der Waals surface area (Å²) >= 11 is 1.46. The molecule has 2 aromatic carbocycles. The number of amides is 1. The molecule has 29 heavy (non-hydrogen) atoms. The number of hydrogen-bond acceptors (Lipinski definition) is 5. The molecule has 0 unspecified atom stereocenters. The second-order valence-electron chi connectivity index (χ2n) is 7.08. The monoisotopic (exact) mass is 406 g/mol. The number of benzene rings is 2. The van der Waals surface area contributed by atoms with Crippen molar-refractivity contribution in [1.29, 1.82) is 5.41 Å². The number of fused-ring (bicyclic) bond motifs is 1. The number of aromatic nitrogens is 1. The molecule has 0 saturated heterocycles. The molecule has 0 radical (unpaired) electrons. The van der Waals surface area contributed by atoms with E-state index in [-0.39, 0.29) is 30.1 Å². The number of thiazole rings is 1. The molecule has 0 fully saturated rings. The summed E-state index contributed by atoms with van der Waals surface area (Å²) in [6, 6.07) is 15.0. The van der Waals surface area contributed by atoms with Crippen molar-refractivity contribution in [1.82, 2.24) is 10.3 Å². The van der Waals surface area contributed by atoms with Gasteiger partial charge in [0.25, 0.3) is 5.91 Å². The zero-order chi connectivity index (χ0) is 20.5. The van der Waals surface area contributed by atoms with E-state index in [0.29, 0.717) is 21.8 Å². The van der Waals surface area contributed by atoms with E-state index in [2.05, 4.69) is 10.3 Å². The maximum absolute atomic E-state index is 12.5. The lowest BCUT2D eigenvalue weighted by Crippen LogP contribution is -2.32. The van der Waals surface area contributed by atoms with Gasteiger partial charge in [-0.1, -0.05) is 25.1 Å². The number of carbonyl (C=O) groups excluding carboxylic acids is 1. The fourth-order valence-electron chi connectivity index (χ4n) is 3.23. The van der Waals surface area contributed by atoms with Crippen LogP contribution in [0.2, 0.25) is 0 Å². The van der Waals surface area contributed by atoms with E-state index in [1.54, 1.807) is 23.1 Å². The Labute approximate surface area is 173 Å². The molecule has 3 N–H and O–H groups in total. The third-order valence-corrected chi connectivity index (χ3v) is 6.07. The largest absolute Gasteiger partial charge is 0.510 e. The molecule has 1 atom stereocenters. The fourth-order valence-corrected chi connectivity index (χ4v) is 4.26. The highest BCUT2D eigenvalue weighted by molar-refractivity contribution is 7.19. The van der Waals surface area contributed by atoms with E-state index in [4.69, 9.17) is 5.41 Å². The van der Waals surface area contributed by atoms with Crippen LogP contribution in [0, 0.1) is 5.41 Å². The molecular formula is C22H22N4O2S. The van der Waals surface area contributed by atoms with Gasteiger partial charge in [0.1, 0.15) is 16.6 Å². The summed E-state index contributed by atoms with van der Waals surface area (Å²) in [6.45, 7) is 4.16. The summed E-state index contributed by atoms with van der Waals surface area (Å²) in [5.74, 6) is 0.153. The third kappa shape index (κ3) is 3.61. The second kappa shape index (κ2) is 7.67. The maximum atomic E-state index is 12.5. The van der Waals surface area contributed by atoms with Gasteiger partial charge in [0.15, 0.2) is 0 Å². The molecule has 2 heterocycles. The number of rotatable bonds is 5. The first-order valence-corrected chi connectivity index (χ1v) is 10.3. The van der Waals surface area contributed by atoms with Crippen LogP contribution in [0.4, 0.5) is 5.69 Å². The predicted octanol–water partition coefficient (Wildman–Crippen LogP) is 4.59. The highest BCUT2D eigenvalue weighted by Crippen LogP contribution is 2.35. The van der Waals surface area contributed by atoms with Crippen LogP contribution in [0.15, 0.2) is 54.3 Å². The van der Waals surface area contributed by atoms with E-state index < -0.39 is 0 Å². The normalized spacial score (nSPS) is 15.2. The van der Waals surface area contributed by atoms with Gasteiger partial charge in [-0.05, 0) is 43.7 Å². The number of aliphatic hydroxyl groups is 1. The van der Waals surface area contributed by atoms with Crippen molar-refractivity contribution in [2.45, 2.75) is 26.3 Å². The molecule has 0 bridgehead atoms. The minimum Gasteiger partial charge on any atom is -0.510 e. The van der Waals surface area contributed by atoms with Crippen LogP contribution in [0.5, 0.6) is 0 Å². The molecule has 6 nitrogen and oxygen atoms in total. The Hall–Kier alpha value is -3.19. The molecule has 7 heteroatoms. The Morgan fingerprint density at radius 1 is 1.31 bits per heavy atom. The van der Waals surface area contributed by atoms with Gasteiger partial charge in [0.2, 0.25) is 0 Å². The fraction of sp³-hybridized carbons (Fsp3) is 0.227. The van der Waals surface area contributed by atoms with Crippen LogP contribution >= 0.6 is 11.3 Å². The van der Waals surface area contributed by atoms with Gasteiger partial charge in [-0.2, -0.15) is 0 Å². The molecule has 0 aliphatic carbocycles. The minimum atomic E-state index is -0.143. The van der Waals surface area contributed by atoms with Gasteiger partial charge in [-0.15, -0.1) is 11.3 Å². The van der Waals surface area contributed by atoms with Gasteiger partial charge in [-0.25, -0.2) is 4.98 Å². The van der Waals surface area contributed by atoms with Crippen LogP contribution in [0.3, 0.4) is 0 Å². The predicted molar refractivity (Wildman–Crippen MR) is 118 cm³/mol. The van der Waals surface area contributed by atoms with Gasteiger partial charge in [0.05, 0.1) is 22.3 Å². The van der Waals surface area contributed by atoms with Crippen molar-refractivity contribution < 1.29 is 9.90 Å².